The van der Waals surface area contributed by atoms with Gasteiger partial charge in [-0.3, -0.25) is 0 Å². The monoisotopic (exact) mass is 206 g/mol. The molecule has 4 heteroatoms. The Morgan fingerprint density at radius 2 is 2.07 bits per heavy atom. The molecular weight excluding hydrogens is 191 g/mol. The first-order chi connectivity index (χ1) is 7.13. The number of aliphatic hydroxyl groups excluding tert-OH is 1. The number of hydrogen-bond acceptors (Lipinski definition) is 3. The molecule has 1 rings (SSSR count). The Kier molecular flexibility index (Phi) is 4.56. The Morgan fingerprint density at radius 1 is 1.47 bits per heavy atom. The van der Waals surface area contributed by atoms with Gasteiger partial charge in [0, 0.05) is 0 Å². The zero-order valence-corrected chi connectivity index (χ0v) is 8.76. The van der Waals surface area contributed by atoms with Crippen molar-refractivity contribution in [2.45, 2.75) is 13.0 Å². The molecule has 0 aliphatic rings. The topological polar surface area (TPSA) is 49.7 Å². The molecule has 1 atom stereocenters. The van der Waals surface area contributed by atoms with Gasteiger partial charge in [-0.25, -0.2) is 0 Å². The molecule has 0 bridgehead atoms. The van der Waals surface area contributed by atoms with E-state index in [0.29, 0.717) is 5.46 Å². The Bertz CT molecular complexity index is 308. The van der Waals surface area contributed by atoms with E-state index in [1.807, 2.05) is 12.1 Å². The van der Waals surface area contributed by atoms with Crippen LogP contribution < -0.4 is 5.46 Å². The first kappa shape index (κ1) is 12.0. The maximum absolute atomic E-state index is 9.57. The van der Waals surface area contributed by atoms with Crippen molar-refractivity contribution in [3.05, 3.63) is 36.4 Å². The van der Waals surface area contributed by atoms with Crippen LogP contribution in [-0.2, 0) is 4.65 Å². The van der Waals surface area contributed by atoms with Crippen molar-refractivity contribution in [2.75, 3.05) is 6.61 Å². The zero-order chi connectivity index (χ0) is 11.3. The van der Waals surface area contributed by atoms with Gasteiger partial charge in [0.1, 0.15) is 0 Å². The highest BCUT2D eigenvalue weighted by molar-refractivity contribution is 6.59. The molecule has 1 aromatic carbocycles. The smallest absolute Gasteiger partial charge is 0.423 e. The molecule has 15 heavy (non-hydrogen) atoms. The number of aliphatic hydroxyl groups is 1. The van der Waals surface area contributed by atoms with Crippen LogP contribution in [0.1, 0.15) is 12.5 Å². The molecule has 80 valence electrons. The van der Waals surface area contributed by atoms with Gasteiger partial charge in [0.2, 0.25) is 0 Å². The highest BCUT2D eigenvalue weighted by atomic mass is 16.5. The van der Waals surface area contributed by atoms with Crippen molar-refractivity contribution in [2.24, 2.45) is 0 Å². The highest BCUT2D eigenvalue weighted by Gasteiger charge is 2.16. The summed E-state index contributed by atoms with van der Waals surface area (Å²) in [5, 5.41) is 18.6. The Hall–Kier alpha value is -1.10. The van der Waals surface area contributed by atoms with E-state index in [4.69, 9.17) is 9.76 Å². The van der Waals surface area contributed by atoms with E-state index in [9.17, 15) is 5.02 Å². The van der Waals surface area contributed by atoms with Crippen molar-refractivity contribution in [3.63, 3.8) is 0 Å². The second kappa shape index (κ2) is 5.71. The van der Waals surface area contributed by atoms with Crippen LogP contribution in [0.5, 0.6) is 0 Å². The van der Waals surface area contributed by atoms with Gasteiger partial charge in [0.25, 0.3) is 0 Å². The Morgan fingerprint density at radius 3 is 2.53 bits per heavy atom. The summed E-state index contributed by atoms with van der Waals surface area (Å²) < 4.78 is 5.04. The Balaban J connectivity index is 2.57. The molecule has 1 aromatic rings. The molecule has 0 aliphatic heterocycles. The van der Waals surface area contributed by atoms with Gasteiger partial charge in [0.15, 0.2) is 0 Å². The summed E-state index contributed by atoms with van der Waals surface area (Å²) in [7, 11) is -0.988. The van der Waals surface area contributed by atoms with Gasteiger partial charge in [-0.15, -0.1) is 0 Å². The van der Waals surface area contributed by atoms with Gasteiger partial charge < -0.3 is 14.8 Å². The maximum atomic E-state index is 9.57. The lowest BCUT2D eigenvalue weighted by molar-refractivity contribution is 0.112. The quantitative estimate of drug-likeness (QED) is 0.686. The Labute approximate surface area is 90.2 Å². The second-order valence-corrected chi connectivity index (χ2v) is 3.41. The third kappa shape index (κ3) is 3.87. The molecule has 3 nitrogen and oxygen atoms in total. The van der Waals surface area contributed by atoms with Crippen LogP contribution in [0.15, 0.2) is 30.8 Å². The van der Waals surface area contributed by atoms with E-state index in [1.54, 1.807) is 25.1 Å². The molecule has 1 unspecified atom stereocenters. The summed E-state index contributed by atoms with van der Waals surface area (Å²) in [4.78, 5) is 0. The van der Waals surface area contributed by atoms with Crippen LogP contribution in [0.2, 0.25) is 0 Å². The van der Waals surface area contributed by atoms with E-state index in [2.05, 4.69) is 6.58 Å². The summed E-state index contributed by atoms with van der Waals surface area (Å²) in [6.07, 6.45) is 1.15. The van der Waals surface area contributed by atoms with E-state index in [1.165, 1.54) is 0 Å². The van der Waals surface area contributed by atoms with Crippen LogP contribution >= 0.6 is 0 Å². The van der Waals surface area contributed by atoms with E-state index < -0.39 is 13.2 Å². The minimum Gasteiger partial charge on any atom is -0.423 e. The molecule has 0 fully saturated rings. The van der Waals surface area contributed by atoms with Crippen LogP contribution in [0.3, 0.4) is 0 Å². The second-order valence-electron chi connectivity index (χ2n) is 3.41. The summed E-state index contributed by atoms with van der Waals surface area (Å²) >= 11 is 0. The van der Waals surface area contributed by atoms with Crippen LogP contribution in [-0.4, -0.2) is 30.0 Å². The maximum Gasteiger partial charge on any atom is 0.491 e. The van der Waals surface area contributed by atoms with Crippen LogP contribution in [0, 0.1) is 0 Å². The van der Waals surface area contributed by atoms with Gasteiger partial charge in [0.05, 0.1) is 12.7 Å². The lowest BCUT2D eigenvalue weighted by atomic mass is 9.79. The molecular formula is C11H15BO3. The number of hydrogen-bond donors (Lipinski definition) is 2. The average Bonchev–Trinajstić information content (AvgIpc) is 2.26. The van der Waals surface area contributed by atoms with E-state index in [0.717, 1.165) is 5.56 Å². The van der Waals surface area contributed by atoms with Gasteiger partial charge in [-0.1, -0.05) is 36.9 Å². The largest absolute Gasteiger partial charge is 0.491 e. The fourth-order valence-corrected chi connectivity index (χ4v) is 1.12. The first-order valence-electron chi connectivity index (χ1n) is 4.83. The molecule has 0 aliphatic carbocycles. The third-order valence-corrected chi connectivity index (χ3v) is 1.95. The van der Waals surface area contributed by atoms with Crippen molar-refractivity contribution in [1.82, 2.24) is 0 Å². The van der Waals surface area contributed by atoms with Gasteiger partial charge >= 0.3 is 7.12 Å². The third-order valence-electron chi connectivity index (χ3n) is 1.95. The lowest BCUT2D eigenvalue weighted by Crippen LogP contribution is -2.35. The van der Waals surface area contributed by atoms with Crippen LogP contribution in [0.25, 0.3) is 6.08 Å². The zero-order valence-electron chi connectivity index (χ0n) is 8.76. The van der Waals surface area contributed by atoms with Gasteiger partial charge in [-0.2, -0.15) is 0 Å². The predicted octanol–water partition coefficient (Wildman–Crippen LogP) is 0.414. The van der Waals surface area contributed by atoms with Crippen LogP contribution in [0.4, 0.5) is 0 Å². The molecule has 0 spiro atoms. The SMILES string of the molecule is C=Cc1ccc(B(O)OCC(C)O)cc1. The predicted molar refractivity (Wildman–Crippen MR) is 61.8 cm³/mol. The normalized spacial score (nSPS) is 12.2. The standard InChI is InChI=1S/C11H15BO3/c1-3-10-4-6-11(7-5-10)12(14)15-8-9(2)13/h3-7,9,13-14H,1,8H2,2H3. The van der Waals surface area contributed by atoms with E-state index >= 15 is 0 Å². The molecule has 0 saturated heterocycles. The van der Waals surface area contributed by atoms with Crippen molar-refractivity contribution in [3.8, 4) is 0 Å². The van der Waals surface area contributed by atoms with Crippen molar-refractivity contribution >= 4 is 18.7 Å². The number of benzene rings is 1. The summed E-state index contributed by atoms with van der Waals surface area (Å²) in [6, 6.07) is 7.22. The van der Waals surface area contributed by atoms with Crippen molar-refractivity contribution < 1.29 is 14.8 Å². The molecule has 0 aromatic heterocycles. The molecule has 0 amide bonds. The summed E-state index contributed by atoms with van der Waals surface area (Å²) in [5.41, 5.74) is 1.66. The molecule has 0 heterocycles. The fraction of sp³-hybridized carbons (Fsp3) is 0.273. The van der Waals surface area contributed by atoms with E-state index in [-0.39, 0.29) is 6.61 Å². The lowest BCUT2D eigenvalue weighted by Gasteiger charge is -2.09. The minimum atomic E-state index is -0.988. The van der Waals surface area contributed by atoms with Crippen molar-refractivity contribution in [1.29, 1.82) is 0 Å². The van der Waals surface area contributed by atoms with Gasteiger partial charge in [-0.05, 0) is 17.9 Å². The fourth-order valence-electron chi connectivity index (χ4n) is 1.12. The minimum absolute atomic E-state index is 0.115. The number of rotatable bonds is 5. The first-order valence-corrected chi connectivity index (χ1v) is 4.83. The molecule has 0 saturated carbocycles. The molecule has 2 N–H and O–H groups in total. The average molecular weight is 206 g/mol. The summed E-state index contributed by atoms with van der Waals surface area (Å²) in [5.74, 6) is 0. The summed E-state index contributed by atoms with van der Waals surface area (Å²) in [6.45, 7) is 5.36. The highest BCUT2D eigenvalue weighted by Crippen LogP contribution is 1.99. The molecule has 0 radical (unpaired) electrons.